The molecule has 1 N–H and O–H groups in total. The number of hydrogen-bond acceptors (Lipinski definition) is 7. The topological polar surface area (TPSA) is 72.0 Å². The molecule has 0 radical (unpaired) electrons. The lowest BCUT2D eigenvalue weighted by molar-refractivity contribution is 0.415. The van der Waals surface area contributed by atoms with E-state index in [9.17, 15) is 5.11 Å². The van der Waals surface area contributed by atoms with Gasteiger partial charge in [0.05, 0.1) is 17.7 Å². The van der Waals surface area contributed by atoms with Gasteiger partial charge in [0, 0.05) is 41.5 Å². The Balaban J connectivity index is 1.79. The van der Waals surface area contributed by atoms with E-state index in [1.807, 2.05) is 29.7 Å². The van der Waals surface area contributed by atoms with Crippen molar-refractivity contribution in [2.24, 2.45) is 9.98 Å². The van der Waals surface area contributed by atoms with Crippen LogP contribution in [0.1, 0.15) is 10.4 Å². The van der Waals surface area contributed by atoms with Crippen molar-refractivity contribution in [2.75, 3.05) is 7.11 Å². The average Bonchev–Trinajstić information content (AvgIpc) is 3.39. The van der Waals surface area contributed by atoms with Crippen molar-refractivity contribution in [1.82, 2.24) is 9.55 Å². The fraction of sp³-hybridized carbons (Fsp3) is 0.105. The van der Waals surface area contributed by atoms with Crippen LogP contribution in [0, 0.1) is 0 Å². The summed E-state index contributed by atoms with van der Waals surface area (Å²) in [6.45, 7) is 4.22. The minimum Gasteiger partial charge on any atom is -0.497 e. The van der Waals surface area contributed by atoms with Crippen molar-refractivity contribution >= 4 is 51.4 Å². The maximum atomic E-state index is 10.7. The number of ether oxygens (including phenoxy) is 1. The van der Waals surface area contributed by atoms with Gasteiger partial charge in [-0.3, -0.25) is 9.56 Å². The zero-order chi connectivity index (χ0) is 18.8. The Morgan fingerprint density at radius 1 is 1.41 bits per heavy atom. The maximum Gasteiger partial charge on any atom is 0.211 e. The number of aromatic nitrogens is 2. The van der Waals surface area contributed by atoms with E-state index >= 15 is 0 Å². The van der Waals surface area contributed by atoms with Crippen molar-refractivity contribution in [1.29, 1.82) is 0 Å². The van der Waals surface area contributed by atoms with E-state index in [0.717, 1.165) is 22.6 Å². The molecule has 0 unspecified atom stereocenters. The van der Waals surface area contributed by atoms with Gasteiger partial charge in [0.15, 0.2) is 4.80 Å². The number of benzene rings is 1. The second-order valence-corrected chi connectivity index (χ2v) is 7.52. The number of hydrogen-bond donors (Lipinski definition) is 1. The van der Waals surface area contributed by atoms with Crippen LogP contribution in [0.25, 0.3) is 11.6 Å². The fourth-order valence-electron chi connectivity index (χ4n) is 2.70. The summed E-state index contributed by atoms with van der Waals surface area (Å²) in [7, 11) is 1.63. The van der Waals surface area contributed by atoms with E-state index in [-0.39, 0.29) is 5.88 Å². The third-order valence-corrected chi connectivity index (χ3v) is 5.66. The minimum atomic E-state index is 0.151. The molecule has 3 aromatic rings. The molecule has 0 bridgehead atoms. The first-order valence-corrected chi connectivity index (χ1v) is 9.81. The SMILES string of the molecule is C=CCn1c(O)c(C=C2C=Nc3cc(OC)ccc32)sc1=Nc1nccs1. The Morgan fingerprint density at radius 3 is 3.04 bits per heavy atom. The molecular weight excluding hydrogens is 380 g/mol. The number of aromatic hydroxyl groups is 1. The Labute approximate surface area is 163 Å². The van der Waals surface area contributed by atoms with Crippen LogP contribution in [-0.2, 0) is 6.54 Å². The second-order valence-electron chi connectivity index (χ2n) is 5.64. The summed E-state index contributed by atoms with van der Waals surface area (Å²) >= 11 is 2.84. The molecule has 0 aliphatic carbocycles. The quantitative estimate of drug-likeness (QED) is 0.650. The van der Waals surface area contributed by atoms with Crippen LogP contribution in [0.5, 0.6) is 11.6 Å². The molecule has 8 heteroatoms. The first-order valence-electron chi connectivity index (χ1n) is 8.11. The molecule has 0 fully saturated rings. The predicted molar refractivity (Wildman–Crippen MR) is 111 cm³/mol. The molecule has 1 aromatic carbocycles. The molecule has 0 amide bonds. The number of allylic oxidation sites excluding steroid dienone is 2. The van der Waals surface area contributed by atoms with E-state index in [1.165, 1.54) is 22.7 Å². The molecule has 0 atom stereocenters. The molecule has 2 aromatic heterocycles. The summed E-state index contributed by atoms with van der Waals surface area (Å²) < 4.78 is 6.96. The van der Waals surface area contributed by atoms with Crippen LogP contribution in [-0.4, -0.2) is 28.0 Å². The van der Waals surface area contributed by atoms with Crippen molar-refractivity contribution in [3.8, 4) is 11.6 Å². The molecule has 136 valence electrons. The van der Waals surface area contributed by atoms with Crippen molar-refractivity contribution < 1.29 is 9.84 Å². The van der Waals surface area contributed by atoms with Crippen molar-refractivity contribution in [2.45, 2.75) is 6.54 Å². The summed E-state index contributed by atoms with van der Waals surface area (Å²) in [5.41, 5.74) is 2.77. The van der Waals surface area contributed by atoms with Crippen LogP contribution < -0.4 is 9.54 Å². The van der Waals surface area contributed by atoms with Gasteiger partial charge in [-0.15, -0.1) is 17.9 Å². The van der Waals surface area contributed by atoms with Gasteiger partial charge in [0.25, 0.3) is 0 Å². The summed E-state index contributed by atoms with van der Waals surface area (Å²) in [6, 6.07) is 5.76. The second kappa shape index (κ2) is 7.34. The number of aliphatic imine (C=N–C) groups is 1. The van der Waals surface area contributed by atoms with Gasteiger partial charge >= 0.3 is 0 Å². The zero-order valence-electron chi connectivity index (χ0n) is 14.5. The molecule has 27 heavy (non-hydrogen) atoms. The fourth-order valence-corrected chi connectivity index (χ4v) is 4.25. The van der Waals surface area contributed by atoms with Gasteiger partial charge < -0.3 is 9.84 Å². The van der Waals surface area contributed by atoms with Gasteiger partial charge in [0.2, 0.25) is 11.0 Å². The molecule has 1 aliphatic heterocycles. The first-order chi connectivity index (χ1) is 13.2. The van der Waals surface area contributed by atoms with E-state index < -0.39 is 0 Å². The van der Waals surface area contributed by atoms with Gasteiger partial charge in [-0.25, -0.2) is 4.98 Å². The lowest BCUT2D eigenvalue weighted by Crippen LogP contribution is -2.12. The maximum absolute atomic E-state index is 10.7. The molecular formula is C19H16N4O2S2. The highest BCUT2D eigenvalue weighted by molar-refractivity contribution is 7.13. The van der Waals surface area contributed by atoms with Gasteiger partial charge in [-0.2, -0.15) is 4.99 Å². The van der Waals surface area contributed by atoms with E-state index in [2.05, 4.69) is 21.5 Å². The van der Waals surface area contributed by atoms with E-state index in [0.29, 0.717) is 21.4 Å². The molecule has 0 spiro atoms. The lowest BCUT2D eigenvalue weighted by atomic mass is 10.1. The van der Waals surface area contributed by atoms with E-state index in [1.54, 1.807) is 30.2 Å². The summed E-state index contributed by atoms with van der Waals surface area (Å²) in [5, 5.41) is 13.2. The Morgan fingerprint density at radius 2 is 2.30 bits per heavy atom. The molecule has 0 saturated heterocycles. The van der Waals surface area contributed by atoms with Gasteiger partial charge in [-0.05, 0) is 18.2 Å². The van der Waals surface area contributed by atoms with Crippen LogP contribution in [0.15, 0.2) is 52.4 Å². The van der Waals surface area contributed by atoms with Crippen molar-refractivity contribution in [3.63, 3.8) is 0 Å². The molecule has 3 heterocycles. The number of nitrogens with zero attached hydrogens (tertiary/aromatic N) is 4. The predicted octanol–water partition coefficient (Wildman–Crippen LogP) is 4.40. The average molecular weight is 396 g/mol. The summed E-state index contributed by atoms with van der Waals surface area (Å²) in [5.74, 6) is 0.914. The first kappa shape index (κ1) is 17.4. The number of methoxy groups -OCH3 is 1. The highest BCUT2D eigenvalue weighted by Crippen LogP contribution is 2.36. The Kier molecular flexibility index (Phi) is 4.74. The lowest BCUT2D eigenvalue weighted by Gasteiger charge is -2.03. The Bertz CT molecular complexity index is 1120. The molecule has 6 nitrogen and oxygen atoms in total. The molecule has 1 aliphatic rings. The monoisotopic (exact) mass is 396 g/mol. The zero-order valence-corrected chi connectivity index (χ0v) is 16.1. The Hall–Kier alpha value is -2.97. The molecule has 0 saturated carbocycles. The summed E-state index contributed by atoms with van der Waals surface area (Å²) in [4.78, 5) is 14.5. The number of thiazole rings is 2. The highest BCUT2D eigenvalue weighted by Gasteiger charge is 2.16. The number of rotatable bonds is 5. The largest absolute Gasteiger partial charge is 0.497 e. The minimum absolute atomic E-state index is 0.151. The van der Waals surface area contributed by atoms with Crippen LogP contribution in [0.2, 0.25) is 0 Å². The summed E-state index contributed by atoms with van der Waals surface area (Å²) in [6.07, 6.45) is 7.14. The van der Waals surface area contributed by atoms with Crippen LogP contribution in [0.3, 0.4) is 0 Å². The van der Waals surface area contributed by atoms with E-state index in [4.69, 9.17) is 4.74 Å². The van der Waals surface area contributed by atoms with Crippen LogP contribution >= 0.6 is 22.7 Å². The normalized spacial score (nSPS) is 14.7. The van der Waals surface area contributed by atoms with Gasteiger partial charge in [-0.1, -0.05) is 17.4 Å². The van der Waals surface area contributed by atoms with Crippen LogP contribution in [0.4, 0.5) is 10.8 Å². The molecule has 4 rings (SSSR count). The third-order valence-electron chi connectivity index (χ3n) is 3.98. The number of fused-ring (bicyclic) bond motifs is 1. The van der Waals surface area contributed by atoms with Gasteiger partial charge in [0.1, 0.15) is 5.75 Å². The highest BCUT2D eigenvalue weighted by atomic mass is 32.1. The third kappa shape index (κ3) is 3.36. The van der Waals surface area contributed by atoms with Crippen molar-refractivity contribution in [3.05, 3.63) is 57.7 Å². The standard InChI is InChI=1S/C19H16N4O2S2/c1-3-7-23-17(24)16(27-19(23)22-18-20-6-8-26-18)9-12-11-21-15-10-13(25-2)4-5-14(12)15/h3-6,8-11,24H,1,7H2,2H3. The smallest absolute Gasteiger partial charge is 0.211 e.